The van der Waals surface area contributed by atoms with Gasteiger partial charge in [0.05, 0.1) is 0 Å². The van der Waals surface area contributed by atoms with Gasteiger partial charge in [-0.2, -0.15) is 0 Å². The lowest BCUT2D eigenvalue weighted by atomic mass is 10.1. The molecule has 2 heteroatoms. The number of ether oxygens (including phenoxy) is 1. The van der Waals surface area contributed by atoms with E-state index in [0.29, 0.717) is 0 Å². The Hall–Kier alpha value is -1.02. The zero-order chi connectivity index (χ0) is 11.9. The van der Waals surface area contributed by atoms with Crippen LogP contribution in [0.25, 0.3) is 0 Å². The van der Waals surface area contributed by atoms with Crippen LogP contribution in [0.3, 0.4) is 0 Å². The largest absolute Gasteiger partial charge is 0.475 e. The minimum absolute atomic E-state index is 0.0882. The van der Waals surface area contributed by atoms with Gasteiger partial charge in [-0.3, -0.25) is 5.32 Å². The number of nitrogens with one attached hydrogen (secondary N) is 1. The molecule has 1 aromatic carbocycles. The second-order valence-electron chi connectivity index (χ2n) is 4.62. The summed E-state index contributed by atoms with van der Waals surface area (Å²) in [7, 11) is 0. The SMILES string of the molecule is CCCCc1ccc(OC2[CH]CCCN2)cc1. The molecule has 93 valence electrons. The van der Waals surface area contributed by atoms with Gasteiger partial charge in [0.1, 0.15) is 5.75 Å². The van der Waals surface area contributed by atoms with Gasteiger partial charge < -0.3 is 4.74 Å². The first-order chi connectivity index (χ1) is 8.38. The van der Waals surface area contributed by atoms with Crippen LogP contribution in [0.1, 0.15) is 38.2 Å². The summed E-state index contributed by atoms with van der Waals surface area (Å²) in [6.45, 7) is 3.28. The van der Waals surface area contributed by atoms with Gasteiger partial charge in [0.15, 0.2) is 6.23 Å². The molecule has 1 fully saturated rings. The van der Waals surface area contributed by atoms with Gasteiger partial charge in [-0.25, -0.2) is 0 Å². The molecule has 1 unspecified atom stereocenters. The van der Waals surface area contributed by atoms with Gasteiger partial charge in [-0.1, -0.05) is 25.5 Å². The maximum atomic E-state index is 5.85. The Balaban J connectivity index is 1.84. The monoisotopic (exact) mass is 232 g/mol. The normalized spacial score (nSPS) is 20.2. The van der Waals surface area contributed by atoms with Crippen LogP contribution in [0.2, 0.25) is 0 Å². The number of hydrogen-bond donors (Lipinski definition) is 1. The van der Waals surface area contributed by atoms with Crippen molar-refractivity contribution < 1.29 is 4.74 Å². The fraction of sp³-hybridized carbons (Fsp3) is 0.533. The van der Waals surface area contributed by atoms with E-state index in [-0.39, 0.29) is 6.23 Å². The van der Waals surface area contributed by atoms with Crippen LogP contribution in [0.4, 0.5) is 0 Å². The summed E-state index contributed by atoms with van der Waals surface area (Å²) in [6.07, 6.45) is 8.34. The standard InChI is InChI=1S/C15H22NO/c1-2-3-6-13-8-10-14(11-9-13)17-15-7-4-5-12-16-15/h7-11,15-16H,2-6,12H2,1H3. The number of piperidine rings is 1. The van der Waals surface area contributed by atoms with Crippen molar-refractivity contribution in [1.82, 2.24) is 5.32 Å². The number of benzene rings is 1. The van der Waals surface area contributed by atoms with Crippen molar-refractivity contribution in [1.29, 1.82) is 0 Å². The number of hydrogen-bond acceptors (Lipinski definition) is 2. The smallest absolute Gasteiger partial charge is 0.153 e. The maximum Gasteiger partial charge on any atom is 0.153 e. The predicted octanol–water partition coefficient (Wildman–Crippen LogP) is 3.32. The Morgan fingerprint density at radius 1 is 1.29 bits per heavy atom. The van der Waals surface area contributed by atoms with Crippen LogP contribution < -0.4 is 10.1 Å². The van der Waals surface area contributed by atoms with Gasteiger partial charge in [0.25, 0.3) is 0 Å². The summed E-state index contributed by atoms with van der Waals surface area (Å²) in [4.78, 5) is 0. The van der Waals surface area contributed by atoms with E-state index < -0.39 is 0 Å². The third-order valence-corrected chi connectivity index (χ3v) is 3.11. The minimum atomic E-state index is 0.0882. The lowest BCUT2D eigenvalue weighted by molar-refractivity contribution is 0.176. The van der Waals surface area contributed by atoms with E-state index in [1.54, 1.807) is 0 Å². The molecule has 1 aromatic rings. The Bertz CT molecular complexity index is 314. The topological polar surface area (TPSA) is 21.3 Å². The number of aryl methyl sites for hydroxylation is 1. The molecule has 0 saturated carbocycles. The maximum absolute atomic E-state index is 5.85. The predicted molar refractivity (Wildman–Crippen MR) is 71.0 cm³/mol. The molecular weight excluding hydrogens is 210 g/mol. The van der Waals surface area contributed by atoms with Crippen LogP contribution in [0.15, 0.2) is 24.3 Å². The van der Waals surface area contributed by atoms with Gasteiger partial charge in [0, 0.05) is 6.42 Å². The third kappa shape index (κ3) is 4.04. The van der Waals surface area contributed by atoms with Crippen molar-refractivity contribution >= 4 is 0 Å². The molecule has 2 nitrogen and oxygen atoms in total. The van der Waals surface area contributed by atoms with Crippen LogP contribution in [-0.2, 0) is 6.42 Å². The molecule has 1 aliphatic heterocycles. The zero-order valence-electron chi connectivity index (χ0n) is 10.6. The van der Waals surface area contributed by atoms with Gasteiger partial charge >= 0.3 is 0 Å². The first kappa shape index (κ1) is 12.4. The molecule has 1 atom stereocenters. The highest BCUT2D eigenvalue weighted by Gasteiger charge is 2.13. The van der Waals surface area contributed by atoms with Crippen LogP contribution in [0.5, 0.6) is 5.75 Å². The molecule has 2 rings (SSSR count). The van der Waals surface area contributed by atoms with Gasteiger partial charge in [0.2, 0.25) is 0 Å². The highest BCUT2D eigenvalue weighted by atomic mass is 16.5. The van der Waals surface area contributed by atoms with E-state index in [0.717, 1.165) is 18.7 Å². The van der Waals surface area contributed by atoms with Crippen LogP contribution in [-0.4, -0.2) is 12.8 Å². The summed E-state index contributed by atoms with van der Waals surface area (Å²) in [6, 6.07) is 8.51. The molecule has 1 N–H and O–H groups in total. The fourth-order valence-electron chi connectivity index (χ4n) is 2.05. The Morgan fingerprint density at radius 3 is 2.76 bits per heavy atom. The summed E-state index contributed by atoms with van der Waals surface area (Å²) in [5, 5.41) is 3.34. The second kappa shape index (κ2) is 6.65. The molecule has 0 bridgehead atoms. The highest BCUT2D eigenvalue weighted by molar-refractivity contribution is 5.27. The van der Waals surface area contributed by atoms with Crippen LogP contribution in [0, 0.1) is 6.42 Å². The Labute approximate surface area is 104 Å². The first-order valence-electron chi connectivity index (χ1n) is 6.71. The van der Waals surface area contributed by atoms with Crippen molar-refractivity contribution in [3.05, 3.63) is 36.2 Å². The molecule has 17 heavy (non-hydrogen) atoms. The molecule has 1 saturated heterocycles. The van der Waals surface area contributed by atoms with E-state index in [9.17, 15) is 0 Å². The van der Waals surface area contributed by atoms with Crippen molar-refractivity contribution in [2.75, 3.05) is 6.54 Å². The second-order valence-corrected chi connectivity index (χ2v) is 4.62. The van der Waals surface area contributed by atoms with E-state index in [4.69, 9.17) is 4.74 Å². The van der Waals surface area contributed by atoms with Gasteiger partial charge in [-0.15, -0.1) is 0 Å². The molecular formula is C15H22NO. The molecule has 1 radical (unpaired) electrons. The highest BCUT2D eigenvalue weighted by Crippen LogP contribution is 2.17. The summed E-state index contributed by atoms with van der Waals surface area (Å²) in [5.41, 5.74) is 1.40. The van der Waals surface area contributed by atoms with E-state index in [1.165, 1.54) is 31.2 Å². The molecule has 0 amide bonds. The molecule has 1 aliphatic rings. The number of rotatable bonds is 5. The molecule has 0 aliphatic carbocycles. The van der Waals surface area contributed by atoms with Crippen molar-refractivity contribution in [3.63, 3.8) is 0 Å². The summed E-state index contributed by atoms with van der Waals surface area (Å²) < 4.78 is 5.85. The van der Waals surface area contributed by atoms with Gasteiger partial charge in [-0.05, 0) is 49.9 Å². The Morgan fingerprint density at radius 2 is 2.12 bits per heavy atom. The van der Waals surface area contributed by atoms with E-state index in [1.807, 2.05) is 0 Å². The van der Waals surface area contributed by atoms with E-state index >= 15 is 0 Å². The third-order valence-electron chi connectivity index (χ3n) is 3.11. The molecule has 0 spiro atoms. The summed E-state index contributed by atoms with van der Waals surface area (Å²) in [5.74, 6) is 0.959. The number of unbranched alkanes of at least 4 members (excludes halogenated alkanes) is 1. The van der Waals surface area contributed by atoms with Crippen LogP contribution >= 0.6 is 0 Å². The zero-order valence-corrected chi connectivity index (χ0v) is 10.6. The van der Waals surface area contributed by atoms with E-state index in [2.05, 4.69) is 42.9 Å². The quantitative estimate of drug-likeness (QED) is 0.841. The molecule has 0 aromatic heterocycles. The van der Waals surface area contributed by atoms with Crippen molar-refractivity contribution in [2.24, 2.45) is 0 Å². The Kier molecular flexibility index (Phi) is 4.87. The lowest BCUT2D eigenvalue weighted by Gasteiger charge is -2.24. The van der Waals surface area contributed by atoms with Crippen molar-refractivity contribution in [3.8, 4) is 5.75 Å². The van der Waals surface area contributed by atoms with Crippen molar-refractivity contribution in [2.45, 2.75) is 45.3 Å². The molecule has 1 heterocycles. The minimum Gasteiger partial charge on any atom is -0.475 e. The average molecular weight is 232 g/mol. The lowest BCUT2D eigenvalue weighted by Crippen LogP contribution is -2.38. The first-order valence-corrected chi connectivity index (χ1v) is 6.71. The fourth-order valence-corrected chi connectivity index (χ4v) is 2.05. The summed E-state index contributed by atoms with van der Waals surface area (Å²) >= 11 is 0. The average Bonchev–Trinajstić information content (AvgIpc) is 2.39.